The van der Waals surface area contributed by atoms with Gasteiger partial charge in [-0.15, -0.1) is 0 Å². The molecular weight excluding hydrogens is 583 g/mol. The molecular formula is C30H30F3N5O6. The van der Waals surface area contributed by atoms with Crippen LogP contribution in [0, 0.1) is 20.2 Å². The number of hydrogen-bond donors (Lipinski definition) is 1. The molecule has 0 fully saturated rings. The van der Waals surface area contributed by atoms with Crippen molar-refractivity contribution >= 4 is 34.0 Å². The van der Waals surface area contributed by atoms with E-state index in [-0.39, 0.29) is 28.0 Å². The number of carbonyl (C=O) groups is 1. The van der Waals surface area contributed by atoms with Crippen LogP contribution in [-0.4, -0.2) is 31.9 Å². The van der Waals surface area contributed by atoms with Crippen molar-refractivity contribution in [1.82, 2.24) is 9.55 Å². The molecule has 0 aliphatic carbocycles. The molecule has 1 heterocycles. The molecule has 232 valence electrons. The zero-order valence-electron chi connectivity index (χ0n) is 23.8. The van der Waals surface area contributed by atoms with Crippen LogP contribution in [0.25, 0.3) is 16.7 Å². The summed E-state index contributed by atoms with van der Waals surface area (Å²) in [5.74, 6) is -1.60. The lowest BCUT2D eigenvalue weighted by molar-refractivity contribution is -0.394. The monoisotopic (exact) mass is 613 g/mol. The third-order valence-electron chi connectivity index (χ3n) is 6.87. The lowest BCUT2D eigenvalue weighted by atomic mass is 10.1. The number of hydrogen-bond acceptors (Lipinski definition) is 7. The largest absolute Gasteiger partial charge is 0.494 e. The molecule has 0 atom stereocenters. The highest BCUT2D eigenvalue weighted by molar-refractivity contribution is 6.05. The molecule has 0 saturated heterocycles. The van der Waals surface area contributed by atoms with E-state index in [0.29, 0.717) is 12.4 Å². The van der Waals surface area contributed by atoms with Gasteiger partial charge in [0.1, 0.15) is 5.75 Å². The predicted octanol–water partition coefficient (Wildman–Crippen LogP) is 8.24. The molecule has 1 aromatic heterocycles. The number of aromatic nitrogens is 2. The van der Waals surface area contributed by atoms with Crippen molar-refractivity contribution in [2.24, 2.45) is 0 Å². The van der Waals surface area contributed by atoms with Gasteiger partial charge in [0, 0.05) is 29.6 Å². The van der Waals surface area contributed by atoms with Crippen molar-refractivity contribution in [2.45, 2.75) is 58.0 Å². The molecule has 4 rings (SSSR count). The van der Waals surface area contributed by atoms with Crippen LogP contribution in [0.3, 0.4) is 0 Å². The Bertz CT molecular complexity index is 1620. The van der Waals surface area contributed by atoms with E-state index in [1.807, 2.05) is 0 Å². The molecule has 0 saturated carbocycles. The van der Waals surface area contributed by atoms with E-state index in [1.165, 1.54) is 62.1 Å². The molecule has 0 radical (unpaired) electrons. The van der Waals surface area contributed by atoms with Gasteiger partial charge in [0.2, 0.25) is 5.82 Å². The highest BCUT2D eigenvalue weighted by atomic mass is 19.4. The van der Waals surface area contributed by atoms with Gasteiger partial charge in [0.15, 0.2) is 0 Å². The minimum atomic E-state index is -4.78. The molecule has 14 heteroatoms. The number of halogens is 3. The van der Waals surface area contributed by atoms with Gasteiger partial charge >= 0.3 is 6.18 Å². The van der Waals surface area contributed by atoms with E-state index >= 15 is 0 Å². The number of ether oxygens (including phenoxy) is 1. The maximum Gasteiger partial charge on any atom is 0.450 e. The maximum atomic E-state index is 14.0. The lowest BCUT2D eigenvalue weighted by Crippen LogP contribution is -2.14. The molecule has 0 spiro atoms. The summed E-state index contributed by atoms with van der Waals surface area (Å²) in [4.78, 5) is 37.1. The summed E-state index contributed by atoms with van der Waals surface area (Å²) in [6.45, 7) is 2.61. The fraction of sp³-hybridized carbons (Fsp3) is 0.333. The van der Waals surface area contributed by atoms with Crippen LogP contribution in [0.2, 0.25) is 0 Å². The van der Waals surface area contributed by atoms with Gasteiger partial charge in [0.05, 0.1) is 39.1 Å². The number of anilines is 1. The molecule has 1 N–H and O–H groups in total. The van der Waals surface area contributed by atoms with Crippen LogP contribution < -0.4 is 10.1 Å². The van der Waals surface area contributed by atoms with Gasteiger partial charge in [-0.25, -0.2) is 4.98 Å². The van der Waals surface area contributed by atoms with E-state index in [0.717, 1.165) is 42.0 Å². The molecule has 11 nitrogen and oxygen atoms in total. The van der Waals surface area contributed by atoms with Crippen LogP contribution in [0.1, 0.15) is 68.1 Å². The third kappa shape index (κ3) is 7.88. The summed E-state index contributed by atoms with van der Waals surface area (Å²) in [6, 6.07) is 12.4. The number of fused-ring (bicyclic) bond motifs is 1. The maximum absolute atomic E-state index is 14.0. The Morgan fingerprint density at radius 2 is 1.50 bits per heavy atom. The molecule has 0 unspecified atom stereocenters. The van der Waals surface area contributed by atoms with Crippen molar-refractivity contribution in [3.05, 3.63) is 92.3 Å². The molecule has 0 bridgehead atoms. The van der Waals surface area contributed by atoms with Gasteiger partial charge in [-0.2, -0.15) is 13.2 Å². The van der Waals surface area contributed by atoms with Gasteiger partial charge in [-0.3, -0.25) is 29.6 Å². The van der Waals surface area contributed by atoms with Gasteiger partial charge in [0.25, 0.3) is 17.3 Å². The Morgan fingerprint density at radius 1 is 0.886 bits per heavy atom. The SMILES string of the molecule is CCCCCCCCCOc1ccc2c(c1)nc(C(F)(F)F)n2-c1ccc(NC(=O)c2cc([N+](=O)[O-])cc([N+](=O)[O-])c2)cc1. The Labute approximate surface area is 250 Å². The first kappa shape index (κ1) is 31.9. The highest BCUT2D eigenvalue weighted by Crippen LogP contribution is 2.35. The molecule has 0 aliphatic rings. The predicted molar refractivity (Wildman–Crippen MR) is 157 cm³/mol. The molecule has 3 aromatic carbocycles. The average molecular weight is 614 g/mol. The van der Waals surface area contributed by atoms with E-state index in [1.54, 1.807) is 6.07 Å². The Hall–Kier alpha value is -5.01. The Balaban J connectivity index is 1.51. The quantitative estimate of drug-likeness (QED) is 0.0857. The second-order valence-electron chi connectivity index (χ2n) is 10.1. The fourth-order valence-corrected chi connectivity index (χ4v) is 4.68. The molecule has 44 heavy (non-hydrogen) atoms. The number of nitro groups is 2. The average Bonchev–Trinajstić information content (AvgIpc) is 3.38. The number of nitro benzene ring substituents is 2. The number of imidazole rings is 1. The number of benzene rings is 3. The van der Waals surface area contributed by atoms with Crippen LogP contribution >= 0.6 is 0 Å². The standard InChI is InChI=1S/C30H30F3N5O6/c1-2-3-4-5-6-7-8-15-44-25-13-14-27-26(19-25)35-29(30(31,32)33)36(27)22-11-9-21(10-12-22)34-28(39)20-16-23(37(40)41)18-24(17-20)38(42)43/h9-14,16-19H,2-8,15H2,1H3,(H,34,39). The summed E-state index contributed by atoms with van der Waals surface area (Å²) in [6.07, 6.45) is 2.98. The first-order valence-electron chi connectivity index (χ1n) is 14.1. The molecule has 0 aliphatic heterocycles. The van der Waals surface area contributed by atoms with Gasteiger partial charge < -0.3 is 10.1 Å². The van der Waals surface area contributed by atoms with Crippen LogP contribution in [0.5, 0.6) is 5.75 Å². The normalized spacial score (nSPS) is 11.5. The summed E-state index contributed by atoms with van der Waals surface area (Å²) in [7, 11) is 0. The lowest BCUT2D eigenvalue weighted by Gasteiger charge is -2.13. The summed E-state index contributed by atoms with van der Waals surface area (Å²) >= 11 is 0. The number of carbonyl (C=O) groups excluding carboxylic acids is 1. The zero-order chi connectivity index (χ0) is 31.9. The van der Waals surface area contributed by atoms with Crippen LogP contribution in [0.4, 0.5) is 30.2 Å². The van der Waals surface area contributed by atoms with Crippen molar-refractivity contribution in [3.63, 3.8) is 0 Å². The van der Waals surface area contributed by atoms with Crippen LogP contribution in [0.15, 0.2) is 60.7 Å². The van der Waals surface area contributed by atoms with Crippen LogP contribution in [-0.2, 0) is 6.18 Å². The first-order chi connectivity index (χ1) is 21.0. The highest BCUT2D eigenvalue weighted by Gasteiger charge is 2.38. The van der Waals surface area contributed by atoms with E-state index in [4.69, 9.17) is 4.74 Å². The number of amides is 1. The number of non-ortho nitro benzene ring substituents is 2. The first-order valence-corrected chi connectivity index (χ1v) is 14.1. The summed E-state index contributed by atoms with van der Waals surface area (Å²) in [5, 5.41) is 24.7. The molecule has 4 aromatic rings. The zero-order valence-corrected chi connectivity index (χ0v) is 23.8. The van der Waals surface area contributed by atoms with Crippen molar-refractivity contribution in [2.75, 3.05) is 11.9 Å². The third-order valence-corrected chi connectivity index (χ3v) is 6.87. The second-order valence-corrected chi connectivity index (χ2v) is 10.1. The fourth-order valence-electron chi connectivity index (χ4n) is 4.68. The van der Waals surface area contributed by atoms with E-state index in [2.05, 4.69) is 17.2 Å². The summed E-state index contributed by atoms with van der Waals surface area (Å²) in [5.41, 5.74) is -1.07. The number of rotatable bonds is 14. The second kappa shape index (κ2) is 14.0. The van der Waals surface area contributed by atoms with E-state index < -0.39 is 39.1 Å². The Kier molecular flexibility index (Phi) is 10.1. The van der Waals surface area contributed by atoms with E-state index in [9.17, 15) is 38.2 Å². The minimum Gasteiger partial charge on any atom is -0.494 e. The molecule has 1 amide bonds. The number of unbranched alkanes of at least 4 members (excludes halogenated alkanes) is 6. The topological polar surface area (TPSA) is 142 Å². The number of alkyl halides is 3. The van der Waals surface area contributed by atoms with Gasteiger partial charge in [-0.1, -0.05) is 45.4 Å². The smallest absolute Gasteiger partial charge is 0.450 e. The van der Waals surface area contributed by atoms with Crippen molar-refractivity contribution in [1.29, 1.82) is 0 Å². The number of nitrogens with one attached hydrogen (secondary N) is 1. The Morgan fingerprint density at radius 3 is 2.09 bits per heavy atom. The summed E-state index contributed by atoms with van der Waals surface area (Å²) < 4.78 is 48.8. The van der Waals surface area contributed by atoms with Crippen molar-refractivity contribution in [3.8, 4) is 11.4 Å². The number of nitrogens with zero attached hydrogens (tertiary/aromatic N) is 4. The minimum absolute atomic E-state index is 0.0963. The van der Waals surface area contributed by atoms with Gasteiger partial charge in [-0.05, 0) is 42.8 Å². The van der Waals surface area contributed by atoms with Crippen molar-refractivity contribution < 1.29 is 32.5 Å².